The number of benzene rings is 1. The van der Waals surface area contributed by atoms with Gasteiger partial charge in [-0.2, -0.15) is 4.90 Å². The number of primary amides is 1. The summed E-state index contributed by atoms with van der Waals surface area (Å²) in [6.07, 6.45) is 1.61. The molecule has 1 aromatic rings. The first kappa shape index (κ1) is 23.6. The minimum atomic E-state index is -1.98. The summed E-state index contributed by atoms with van der Waals surface area (Å²) in [7, 11) is 2.65. The maximum absolute atomic E-state index is 13.5. The average Bonchev–Trinajstić information content (AvgIpc) is 3.14. The number of allylic oxidation sites excluding steroid dienone is 2. The van der Waals surface area contributed by atoms with Gasteiger partial charge in [-0.05, 0) is 24.8 Å². The van der Waals surface area contributed by atoms with Gasteiger partial charge in [-0.3, -0.25) is 24.1 Å². The number of phenolic OH excluding ortho intramolecular Hbond substituents is 1. The zero-order valence-corrected chi connectivity index (χ0v) is 20.2. The van der Waals surface area contributed by atoms with Crippen LogP contribution in [0.2, 0.25) is 0 Å². The van der Waals surface area contributed by atoms with Crippen molar-refractivity contribution in [2.24, 2.45) is 23.5 Å². The Morgan fingerprint density at radius 1 is 1.14 bits per heavy atom. The van der Waals surface area contributed by atoms with E-state index in [0.29, 0.717) is 16.0 Å². The van der Waals surface area contributed by atoms with Gasteiger partial charge in [0.05, 0.1) is 18.9 Å². The Balaban J connectivity index is 1.76. The molecule has 0 aromatic heterocycles. The number of phenols is 1. The van der Waals surface area contributed by atoms with E-state index in [4.69, 9.17) is 33.7 Å². The number of imide groups is 4. The second-order valence-corrected chi connectivity index (χ2v) is 10.5. The number of rotatable bonds is 2. The lowest BCUT2D eigenvalue weighted by atomic mass is 9.56. The fourth-order valence-corrected chi connectivity index (χ4v) is 7.26. The first-order valence-electron chi connectivity index (χ1n) is 10.8. The summed E-state index contributed by atoms with van der Waals surface area (Å²) >= 11 is 14.0. The van der Waals surface area contributed by atoms with Crippen molar-refractivity contribution in [3.05, 3.63) is 35.4 Å². The highest BCUT2D eigenvalue weighted by Crippen LogP contribution is 2.66. The van der Waals surface area contributed by atoms with E-state index in [-0.39, 0.29) is 24.3 Å². The van der Waals surface area contributed by atoms with Crippen LogP contribution in [0.25, 0.3) is 0 Å². The van der Waals surface area contributed by atoms with Crippen molar-refractivity contribution < 1.29 is 33.8 Å². The molecule has 4 aliphatic rings. The first-order valence-corrected chi connectivity index (χ1v) is 11.6. The molecular weight excluding hydrogens is 501 g/mol. The number of carbonyl (C=O) groups is 5. The molecule has 0 spiro atoms. The van der Waals surface area contributed by atoms with E-state index in [0.717, 1.165) is 4.90 Å². The Morgan fingerprint density at radius 3 is 2.46 bits per heavy atom. The second kappa shape index (κ2) is 7.44. The molecule has 5 rings (SSSR count). The number of carbonyl (C=O) groups excluding carboxylic acids is 5. The number of urea groups is 1. The standard InChI is InChI=1S/C23H21Cl2N3O7/c1-27-19(32)22(24)8-13-10(5-6-12-15(13)18(31)28(17(12)30)21(26)34)16(23(22,25)20(27)33)11-4-3-9(29)7-14(11)35-2/h3-5,7,12-13,15-16,29H,6,8H2,1-2H3,(H2,26,34)/t12-,13+,15-,16+,22+,23-/m0/s1. The summed E-state index contributed by atoms with van der Waals surface area (Å²) in [6.45, 7) is 0. The van der Waals surface area contributed by atoms with Crippen molar-refractivity contribution in [1.82, 2.24) is 9.80 Å². The topological polar surface area (TPSA) is 147 Å². The Kier molecular flexibility index (Phi) is 5.02. The lowest BCUT2D eigenvalue weighted by Crippen LogP contribution is -2.60. The highest BCUT2D eigenvalue weighted by Gasteiger charge is 2.76. The van der Waals surface area contributed by atoms with Crippen LogP contribution in [0.4, 0.5) is 4.79 Å². The average molecular weight is 522 g/mol. The van der Waals surface area contributed by atoms with Crippen LogP contribution in [0, 0.1) is 17.8 Å². The Labute approximate surface area is 209 Å². The molecule has 0 bridgehead atoms. The van der Waals surface area contributed by atoms with Crippen molar-refractivity contribution in [2.45, 2.75) is 28.5 Å². The molecule has 0 radical (unpaired) electrons. The molecule has 3 fully saturated rings. The molecule has 35 heavy (non-hydrogen) atoms. The highest BCUT2D eigenvalue weighted by molar-refractivity contribution is 6.53. The Hall–Kier alpha value is -3.11. The number of likely N-dealkylation sites (tertiary alicyclic amines) is 2. The molecule has 2 aliphatic carbocycles. The fourth-order valence-electron chi connectivity index (χ4n) is 6.25. The molecule has 6 amide bonds. The second-order valence-electron chi connectivity index (χ2n) is 9.27. The third-order valence-electron chi connectivity index (χ3n) is 7.76. The van der Waals surface area contributed by atoms with E-state index in [9.17, 15) is 29.1 Å². The zero-order valence-electron chi connectivity index (χ0n) is 18.7. The van der Waals surface area contributed by atoms with Crippen molar-refractivity contribution in [2.75, 3.05) is 14.2 Å². The van der Waals surface area contributed by atoms with Gasteiger partial charge in [0.2, 0.25) is 11.8 Å². The van der Waals surface area contributed by atoms with Crippen LogP contribution >= 0.6 is 23.2 Å². The molecule has 0 unspecified atom stereocenters. The van der Waals surface area contributed by atoms with Gasteiger partial charge in [0.25, 0.3) is 11.8 Å². The van der Waals surface area contributed by atoms with Crippen molar-refractivity contribution >= 4 is 52.9 Å². The number of nitrogens with two attached hydrogens (primary N) is 1. The molecule has 12 heteroatoms. The number of fused-ring (bicyclic) bond motifs is 4. The quantitative estimate of drug-likeness (QED) is 0.340. The van der Waals surface area contributed by atoms with E-state index in [1.807, 2.05) is 0 Å². The molecule has 1 saturated carbocycles. The van der Waals surface area contributed by atoms with Gasteiger partial charge < -0.3 is 15.6 Å². The van der Waals surface area contributed by atoms with Crippen LogP contribution in [0.15, 0.2) is 29.8 Å². The van der Waals surface area contributed by atoms with Gasteiger partial charge in [0, 0.05) is 24.6 Å². The molecule has 10 nitrogen and oxygen atoms in total. The van der Waals surface area contributed by atoms with Crippen molar-refractivity contribution in [3.63, 3.8) is 0 Å². The van der Waals surface area contributed by atoms with Gasteiger partial charge in [-0.1, -0.05) is 17.7 Å². The number of hydrogen-bond acceptors (Lipinski definition) is 7. The number of methoxy groups -OCH3 is 1. The Bertz CT molecular complexity index is 1270. The minimum Gasteiger partial charge on any atom is -0.508 e. The van der Waals surface area contributed by atoms with E-state index < -0.39 is 63.1 Å². The highest BCUT2D eigenvalue weighted by atomic mass is 35.5. The summed E-state index contributed by atoms with van der Waals surface area (Å²) < 4.78 is 5.46. The molecule has 2 saturated heterocycles. The van der Waals surface area contributed by atoms with E-state index in [2.05, 4.69) is 0 Å². The molecule has 1 aromatic carbocycles. The number of ether oxygens (including phenoxy) is 1. The predicted octanol–water partition coefficient (Wildman–Crippen LogP) is 1.47. The van der Waals surface area contributed by atoms with Crippen LogP contribution in [-0.2, 0) is 19.2 Å². The summed E-state index contributed by atoms with van der Waals surface area (Å²) in [5.41, 5.74) is 6.21. The third-order valence-corrected chi connectivity index (χ3v) is 9.18. The predicted molar refractivity (Wildman–Crippen MR) is 122 cm³/mol. The number of aromatic hydroxyl groups is 1. The maximum Gasteiger partial charge on any atom is 0.328 e. The minimum absolute atomic E-state index is 0.0992. The lowest BCUT2D eigenvalue weighted by molar-refractivity contribution is -0.139. The summed E-state index contributed by atoms with van der Waals surface area (Å²) in [5.74, 6) is -6.53. The van der Waals surface area contributed by atoms with Gasteiger partial charge in [-0.15, -0.1) is 23.2 Å². The van der Waals surface area contributed by atoms with Gasteiger partial charge in [0.1, 0.15) is 11.5 Å². The van der Waals surface area contributed by atoms with Crippen LogP contribution in [0.1, 0.15) is 24.3 Å². The number of amides is 6. The monoisotopic (exact) mass is 521 g/mol. The van der Waals surface area contributed by atoms with E-state index in [1.165, 1.54) is 32.4 Å². The zero-order chi connectivity index (χ0) is 25.6. The number of halogens is 2. The van der Waals surface area contributed by atoms with Crippen LogP contribution in [0.5, 0.6) is 11.5 Å². The molecule has 2 aliphatic heterocycles. The smallest absolute Gasteiger partial charge is 0.328 e. The maximum atomic E-state index is 13.5. The van der Waals surface area contributed by atoms with Crippen LogP contribution in [-0.4, -0.2) is 68.5 Å². The Morgan fingerprint density at radius 2 is 1.83 bits per heavy atom. The molecule has 3 N–H and O–H groups in total. The van der Waals surface area contributed by atoms with Gasteiger partial charge in [-0.25, -0.2) is 4.79 Å². The normalized spacial score (nSPS) is 36.1. The SMILES string of the molecule is COc1cc(O)ccc1[C@H]1C2=CC[C@@H]3C(=O)N(C(N)=O)C(=O)[C@@H]3[C@@H]2C[C@@]2(Cl)C(=O)N(C)C(=O)[C@@]12Cl. The first-order chi connectivity index (χ1) is 16.4. The summed E-state index contributed by atoms with van der Waals surface area (Å²) in [4.78, 5) is 62.1. The van der Waals surface area contributed by atoms with Crippen LogP contribution in [0.3, 0.4) is 0 Å². The molecule has 2 heterocycles. The van der Waals surface area contributed by atoms with E-state index >= 15 is 0 Å². The lowest BCUT2D eigenvalue weighted by Gasteiger charge is -2.50. The number of alkyl halides is 2. The molecule has 6 atom stereocenters. The molecular formula is C23H21Cl2N3O7. The fraction of sp³-hybridized carbons (Fsp3) is 0.435. The number of hydrogen-bond donors (Lipinski definition) is 2. The van der Waals surface area contributed by atoms with Crippen LogP contribution < -0.4 is 10.5 Å². The molecule has 184 valence electrons. The van der Waals surface area contributed by atoms with Gasteiger partial charge in [0.15, 0.2) is 9.75 Å². The third kappa shape index (κ3) is 2.75. The van der Waals surface area contributed by atoms with E-state index in [1.54, 1.807) is 6.08 Å². The number of nitrogens with zero attached hydrogens (tertiary/aromatic N) is 2. The summed E-state index contributed by atoms with van der Waals surface area (Å²) in [5, 5.41) is 9.99. The largest absolute Gasteiger partial charge is 0.508 e. The van der Waals surface area contributed by atoms with Crippen molar-refractivity contribution in [3.8, 4) is 11.5 Å². The summed E-state index contributed by atoms with van der Waals surface area (Å²) in [6, 6.07) is 3.06. The van der Waals surface area contributed by atoms with Gasteiger partial charge >= 0.3 is 6.03 Å². The van der Waals surface area contributed by atoms with Crippen molar-refractivity contribution in [1.29, 1.82) is 0 Å².